The van der Waals surface area contributed by atoms with Crippen molar-refractivity contribution in [2.24, 2.45) is 0 Å². The Morgan fingerprint density at radius 2 is 0.769 bits per heavy atom. The fraction of sp³-hybridized carbons (Fsp3) is 0.400. The smallest absolute Gasteiger partial charge is 0 e. The molecule has 0 heterocycles. The van der Waals surface area contributed by atoms with Gasteiger partial charge in [-0.2, -0.15) is 53.1 Å². The summed E-state index contributed by atoms with van der Waals surface area (Å²) in [7, 11) is 0. The first kappa shape index (κ1) is 24.9. The number of hydrogen-bond donors (Lipinski definition) is 0. The summed E-state index contributed by atoms with van der Waals surface area (Å²) in [6, 6.07) is 25.6. The Bertz CT molecular complexity index is 534. The molecule has 3 rings (SSSR count). The van der Waals surface area contributed by atoms with E-state index < -0.39 is 0 Å². The zero-order valence-corrected chi connectivity index (χ0v) is 20.5. The van der Waals surface area contributed by atoms with E-state index in [1.165, 1.54) is 61.6 Å². The van der Waals surface area contributed by atoms with Crippen LogP contribution in [0.3, 0.4) is 0 Å². The Balaban J connectivity index is 0.000000355. The van der Waals surface area contributed by atoms with Crippen molar-refractivity contribution < 1.29 is 25.8 Å². The van der Waals surface area contributed by atoms with Crippen molar-refractivity contribution in [2.45, 2.75) is 65.7 Å². The minimum atomic E-state index is 0. The first-order valence-electron chi connectivity index (χ1n) is 9.91. The SMILES string of the molecule is CCCC[c-]1cccc1.CCC[c-]1cccc1.CCC[c-]1cccc1.[Hf]. The average Bonchev–Trinajstić information content (AvgIpc) is 3.38. The van der Waals surface area contributed by atoms with Gasteiger partial charge in [0.1, 0.15) is 0 Å². The molecule has 0 bridgehead atoms. The monoisotopic (exact) mass is 515 g/mol. The van der Waals surface area contributed by atoms with Gasteiger partial charge in [0.05, 0.1) is 0 Å². The van der Waals surface area contributed by atoms with Crippen LogP contribution in [0.5, 0.6) is 0 Å². The van der Waals surface area contributed by atoms with Gasteiger partial charge in [0, 0.05) is 25.8 Å². The van der Waals surface area contributed by atoms with Crippen LogP contribution in [0, 0.1) is 0 Å². The van der Waals surface area contributed by atoms with E-state index in [0.29, 0.717) is 0 Å². The van der Waals surface area contributed by atoms with Crippen molar-refractivity contribution in [2.75, 3.05) is 0 Å². The van der Waals surface area contributed by atoms with Gasteiger partial charge >= 0.3 is 0 Å². The summed E-state index contributed by atoms with van der Waals surface area (Å²) >= 11 is 0. The van der Waals surface area contributed by atoms with E-state index in [0.717, 1.165) is 0 Å². The van der Waals surface area contributed by atoms with Crippen LogP contribution in [0.25, 0.3) is 0 Å². The summed E-state index contributed by atoms with van der Waals surface area (Å²) in [6.45, 7) is 6.63. The summed E-state index contributed by atoms with van der Waals surface area (Å²) in [4.78, 5) is 0. The molecule has 0 spiro atoms. The molecule has 0 fully saturated rings. The van der Waals surface area contributed by atoms with Crippen molar-refractivity contribution in [3.8, 4) is 0 Å². The van der Waals surface area contributed by atoms with Gasteiger partial charge in [-0.1, -0.05) is 65.7 Å². The molecular formula is C25H35Hf-3. The fourth-order valence-electron chi connectivity index (χ4n) is 2.70. The molecule has 0 nitrogen and oxygen atoms in total. The van der Waals surface area contributed by atoms with Crippen molar-refractivity contribution >= 4 is 0 Å². The zero-order valence-electron chi connectivity index (χ0n) is 16.9. The van der Waals surface area contributed by atoms with Crippen LogP contribution in [0.4, 0.5) is 0 Å². The molecule has 1 heteroatoms. The number of aryl methyl sites for hydroxylation is 3. The largest absolute Gasteiger partial charge is 0.213 e. The third kappa shape index (κ3) is 12.3. The topological polar surface area (TPSA) is 0 Å². The molecule has 0 N–H and O–H groups in total. The summed E-state index contributed by atoms with van der Waals surface area (Å²) in [5.41, 5.74) is 4.41. The average molecular weight is 514 g/mol. The van der Waals surface area contributed by atoms with Crippen molar-refractivity contribution in [3.63, 3.8) is 0 Å². The molecule has 142 valence electrons. The van der Waals surface area contributed by atoms with Crippen LogP contribution < -0.4 is 0 Å². The Morgan fingerprint density at radius 3 is 1.04 bits per heavy atom. The van der Waals surface area contributed by atoms with Crippen molar-refractivity contribution in [3.05, 3.63) is 89.5 Å². The van der Waals surface area contributed by atoms with E-state index >= 15 is 0 Å². The molecule has 0 aliphatic heterocycles. The Kier molecular flexibility index (Phi) is 16.6. The van der Waals surface area contributed by atoms with Gasteiger partial charge in [-0.25, -0.2) is 36.4 Å². The molecule has 0 aliphatic carbocycles. The first-order valence-corrected chi connectivity index (χ1v) is 9.91. The normalized spacial score (nSPS) is 9.35. The maximum Gasteiger partial charge on any atom is 0 e. The van der Waals surface area contributed by atoms with Gasteiger partial charge in [-0.05, 0) is 0 Å². The molecule has 0 aliphatic rings. The van der Waals surface area contributed by atoms with Crippen LogP contribution in [-0.2, 0) is 45.1 Å². The van der Waals surface area contributed by atoms with Gasteiger partial charge in [0.2, 0.25) is 0 Å². The Hall–Kier alpha value is -1.08. The fourth-order valence-corrected chi connectivity index (χ4v) is 2.70. The third-order valence-corrected chi connectivity index (χ3v) is 4.09. The summed E-state index contributed by atoms with van der Waals surface area (Å²) in [5.74, 6) is 0. The minimum absolute atomic E-state index is 0. The molecule has 0 aromatic heterocycles. The van der Waals surface area contributed by atoms with E-state index in [9.17, 15) is 0 Å². The Labute approximate surface area is 180 Å². The zero-order chi connectivity index (χ0) is 18.2. The van der Waals surface area contributed by atoms with Crippen molar-refractivity contribution in [1.82, 2.24) is 0 Å². The summed E-state index contributed by atoms with van der Waals surface area (Å²) < 4.78 is 0. The molecule has 26 heavy (non-hydrogen) atoms. The van der Waals surface area contributed by atoms with Gasteiger partial charge in [-0.3, -0.25) is 0 Å². The van der Waals surface area contributed by atoms with E-state index in [-0.39, 0.29) is 25.8 Å². The quantitative estimate of drug-likeness (QED) is 0.227. The predicted molar refractivity (Wildman–Crippen MR) is 113 cm³/mol. The molecule has 0 amide bonds. The molecule has 0 radical (unpaired) electrons. The maximum atomic E-state index is 2.23. The number of unbranched alkanes of at least 4 members (excludes halogenated alkanes) is 1. The van der Waals surface area contributed by atoms with E-state index in [4.69, 9.17) is 0 Å². The molecule has 0 unspecified atom stereocenters. The first-order chi connectivity index (χ1) is 12.3. The molecule has 0 atom stereocenters. The predicted octanol–water partition coefficient (Wildman–Crippen LogP) is 7.46. The van der Waals surface area contributed by atoms with Crippen LogP contribution in [0.2, 0.25) is 0 Å². The van der Waals surface area contributed by atoms with Gasteiger partial charge in [-0.15, -0.1) is 0 Å². The van der Waals surface area contributed by atoms with Crippen LogP contribution >= 0.6 is 0 Å². The number of rotatable bonds is 7. The second-order valence-corrected chi connectivity index (χ2v) is 6.48. The van der Waals surface area contributed by atoms with Gasteiger partial charge in [0.25, 0.3) is 0 Å². The number of hydrogen-bond acceptors (Lipinski definition) is 0. The second-order valence-electron chi connectivity index (χ2n) is 6.48. The maximum absolute atomic E-state index is 2.23. The van der Waals surface area contributed by atoms with E-state index in [1.54, 1.807) is 0 Å². The third-order valence-electron chi connectivity index (χ3n) is 4.09. The summed E-state index contributed by atoms with van der Waals surface area (Å²) in [6.07, 6.45) is 8.84. The molecule has 0 saturated heterocycles. The standard InChI is InChI=1S/C9H13.2C8H11.Hf/c1-2-3-6-9-7-4-5-8-9;2*1-2-5-8-6-3-4-7-8;/h4-5,7-8H,2-3,6H2,1H3;2*3-4,6-7H,2,5H2,1H3;/q3*-1;. The van der Waals surface area contributed by atoms with Crippen LogP contribution in [0.15, 0.2) is 72.8 Å². The second kappa shape index (κ2) is 17.3. The van der Waals surface area contributed by atoms with E-state index in [1.807, 2.05) is 0 Å². The van der Waals surface area contributed by atoms with Crippen LogP contribution in [0.1, 0.15) is 63.1 Å². The minimum Gasteiger partial charge on any atom is -0.213 e. The van der Waals surface area contributed by atoms with Gasteiger partial charge in [0.15, 0.2) is 0 Å². The van der Waals surface area contributed by atoms with Gasteiger partial charge < -0.3 is 0 Å². The van der Waals surface area contributed by atoms with Crippen molar-refractivity contribution in [1.29, 1.82) is 0 Å². The van der Waals surface area contributed by atoms with E-state index in [2.05, 4.69) is 93.6 Å². The molecule has 0 saturated carbocycles. The molecule has 3 aromatic carbocycles. The Morgan fingerprint density at radius 1 is 0.462 bits per heavy atom. The summed E-state index contributed by atoms with van der Waals surface area (Å²) in [5, 5.41) is 0. The molecular weight excluding hydrogens is 479 g/mol. The van der Waals surface area contributed by atoms with Crippen LogP contribution in [-0.4, -0.2) is 0 Å². The molecule has 3 aromatic rings.